The number of benzene rings is 2. The number of amides is 1. The number of carbonyl (C=O) groups excluding carboxylic acids is 1. The first-order valence-corrected chi connectivity index (χ1v) is 10.2. The molecule has 0 saturated heterocycles. The van der Waals surface area contributed by atoms with Crippen molar-refractivity contribution in [3.63, 3.8) is 0 Å². The zero-order chi connectivity index (χ0) is 21.5. The summed E-state index contributed by atoms with van der Waals surface area (Å²) in [5.74, 6) is -0.0833. The van der Waals surface area contributed by atoms with Crippen molar-refractivity contribution in [1.29, 1.82) is 0 Å². The molecule has 1 aliphatic heterocycles. The summed E-state index contributed by atoms with van der Waals surface area (Å²) in [5, 5.41) is 3.49. The number of ether oxygens (including phenoxy) is 1. The standard InChI is InChI=1S/C23H21ClF3NO2/c1-14(21(29)28-18-5-3-17(24)4-6-18)15-8-10-22(11-9-15)13-30-20-12-16(23(25,26)27)2-7-19(20)22/h2-8,12,14H,9-11,13H2,1H3,(H,28,29)/t14-,22-/m0/s1. The fourth-order valence-electron chi connectivity index (χ4n) is 4.19. The summed E-state index contributed by atoms with van der Waals surface area (Å²) < 4.78 is 44.6. The number of rotatable bonds is 3. The highest BCUT2D eigenvalue weighted by atomic mass is 35.5. The zero-order valence-corrected chi connectivity index (χ0v) is 17.1. The molecule has 1 aliphatic carbocycles. The van der Waals surface area contributed by atoms with E-state index in [0.29, 0.717) is 35.9 Å². The fourth-order valence-corrected chi connectivity index (χ4v) is 4.31. The Balaban J connectivity index is 1.47. The number of hydrogen-bond donors (Lipinski definition) is 1. The number of halogens is 4. The van der Waals surface area contributed by atoms with Gasteiger partial charge in [-0.15, -0.1) is 0 Å². The lowest BCUT2D eigenvalue weighted by Gasteiger charge is -2.33. The molecule has 2 aromatic carbocycles. The first kappa shape index (κ1) is 20.8. The summed E-state index contributed by atoms with van der Waals surface area (Å²) in [7, 11) is 0. The zero-order valence-electron chi connectivity index (χ0n) is 16.4. The number of hydrogen-bond acceptors (Lipinski definition) is 2. The Bertz CT molecular complexity index is 1000. The molecule has 0 radical (unpaired) electrons. The van der Waals surface area contributed by atoms with Crippen molar-refractivity contribution < 1.29 is 22.7 Å². The molecule has 158 valence electrons. The Kier molecular flexibility index (Phi) is 5.30. The molecular formula is C23H21ClF3NO2. The van der Waals surface area contributed by atoms with Crippen LogP contribution in [0.1, 0.15) is 37.3 Å². The van der Waals surface area contributed by atoms with Crippen LogP contribution < -0.4 is 10.1 Å². The minimum absolute atomic E-state index is 0.0996. The molecule has 2 aromatic rings. The predicted octanol–water partition coefficient (Wildman–Crippen LogP) is 6.37. The van der Waals surface area contributed by atoms with Gasteiger partial charge >= 0.3 is 6.18 Å². The van der Waals surface area contributed by atoms with E-state index in [4.69, 9.17) is 16.3 Å². The Morgan fingerprint density at radius 1 is 1.20 bits per heavy atom. The topological polar surface area (TPSA) is 38.3 Å². The molecule has 2 aliphatic rings. The van der Waals surface area contributed by atoms with E-state index in [1.54, 1.807) is 30.3 Å². The van der Waals surface area contributed by atoms with Gasteiger partial charge in [0.2, 0.25) is 5.91 Å². The van der Waals surface area contributed by atoms with Crippen LogP contribution in [0.25, 0.3) is 0 Å². The molecule has 0 unspecified atom stereocenters. The summed E-state index contributed by atoms with van der Waals surface area (Å²) in [6.45, 7) is 2.22. The second kappa shape index (κ2) is 7.65. The van der Waals surface area contributed by atoms with E-state index in [2.05, 4.69) is 5.32 Å². The van der Waals surface area contributed by atoms with Crippen LogP contribution in [0.5, 0.6) is 5.75 Å². The summed E-state index contributed by atoms with van der Waals surface area (Å²) >= 11 is 5.87. The molecule has 1 heterocycles. The maximum Gasteiger partial charge on any atom is 0.416 e. The Labute approximate surface area is 177 Å². The molecule has 2 atom stereocenters. The van der Waals surface area contributed by atoms with E-state index in [-0.39, 0.29) is 17.2 Å². The number of allylic oxidation sites excluding steroid dienone is 1. The van der Waals surface area contributed by atoms with Gasteiger partial charge in [0.05, 0.1) is 18.1 Å². The van der Waals surface area contributed by atoms with Crippen LogP contribution in [-0.4, -0.2) is 12.5 Å². The van der Waals surface area contributed by atoms with Gasteiger partial charge in [-0.25, -0.2) is 0 Å². The van der Waals surface area contributed by atoms with E-state index in [0.717, 1.165) is 29.7 Å². The van der Waals surface area contributed by atoms with Crippen molar-refractivity contribution in [3.8, 4) is 5.75 Å². The van der Waals surface area contributed by atoms with Crippen LogP contribution in [0.15, 0.2) is 54.1 Å². The molecule has 0 aromatic heterocycles. The third kappa shape index (κ3) is 3.93. The van der Waals surface area contributed by atoms with E-state index < -0.39 is 11.7 Å². The Morgan fingerprint density at radius 2 is 1.93 bits per heavy atom. The van der Waals surface area contributed by atoms with Gasteiger partial charge in [-0.3, -0.25) is 4.79 Å². The first-order chi connectivity index (χ1) is 14.2. The van der Waals surface area contributed by atoms with Gasteiger partial charge in [0.25, 0.3) is 0 Å². The van der Waals surface area contributed by atoms with Crippen LogP contribution in [0, 0.1) is 5.92 Å². The number of nitrogens with one attached hydrogen (secondary N) is 1. The molecule has 3 nitrogen and oxygen atoms in total. The minimum atomic E-state index is -4.39. The smallest absolute Gasteiger partial charge is 0.416 e. The third-order valence-electron chi connectivity index (χ3n) is 6.09. The maximum absolute atomic E-state index is 13.0. The van der Waals surface area contributed by atoms with E-state index in [1.165, 1.54) is 0 Å². The van der Waals surface area contributed by atoms with Crippen molar-refractivity contribution in [1.82, 2.24) is 0 Å². The molecule has 4 rings (SSSR count). The van der Waals surface area contributed by atoms with Gasteiger partial charge in [0.1, 0.15) is 5.75 Å². The number of carbonyl (C=O) groups is 1. The van der Waals surface area contributed by atoms with Gasteiger partial charge in [-0.2, -0.15) is 13.2 Å². The SMILES string of the molecule is C[C@H](C(=O)Nc1ccc(Cl)cc1)C1=CC[C@]2(CC1)COc1cc(C(F)(F)F)ccc12. The molecule has 1 amide bonds. The second-order valence-corrected chi connectivity index (χ2v) is 8.42. The molecule has 7 heteroatoms. The Morgan fingerprint density at radius 3 is 2.57 bits per heavy atom. The second-order valence-electron chi connectivity index (χ2n) is 7.98. The van der Waals surface area contributed by atoms with Crippen molar-refractivity contribution in [3.05, 3.63) is 70.3 Å². The lowest BCUT2D eigenvalue weighted by atomic mass is 9.70. The van der Waals surface area contributed by atoms with Crippen molar-refractivity contribution in [2.75, 3.05) is 11.9 Å². The van der Waals surface area contributed by atoms with Crippen molar-refractivity contribution in [2.24, 2.45) is 5.92 Å². The van der Waals surface area contributed by atoms with E-state index in [9.17, 15) is 18.0 Å². The highest BCUT2D eigenvalue weighted by Gasteiger charge is 2.43. The quantitative estimate of drug-likeness (QED) is 0.568. The molecule has 0 fully saturated rings. The van der Waals surface area contributed by atoms with Gasteiger partial charge in [-0.05, 0) is 62.6 Å². The normalized spacial score (nSPS) is 21.6. The molecule has 30 heavy (non-hydrogen) atoms. The largest absolute Gasteiger partial charge is 0.492 e. The first-order valence-electron chi connectivity index (χ1n) is 9.78. The summed E-state index contributed by atoms with van der Waals surface area (Å²) in [4.78, 5) is 12.6. The van der Waals surface area contributed by atoms with Gasteiger partial charge in [0, 0.05) is 21.7 Å². The van der Waals surface area contributed by atoms with Crippen molar-refractivity contribution in [2.45, 2.75) is 37.8 Å². The lowest BCUT2D eigenvalue weighted by Crippen LogP contribution is -2.32. The summed E-state index contributed by atoms with van der Waals surface area (Å²) in [5.41, 5.74) is 1.52. The van der Waals surface area contributed by atoms with Crippen LogP contribution in [0.2, 0.25) is 5.02 Å². The van der Waals surface area contributed by atoms with Crippen LogP contribution in [0.4, 0.5) is 18.9 Å². The summed E-state index contributed by atoms with van der Waals surface area (Å²) in [6, 6.07) is 10.7. The maximum atomic E-state index is 13.0. The van der Waals surface area contributed by atoms with Crippen LogP contribution in [-0.2, 0) is 16.4 Å². The van der Waals surface area contributed by atoms with Crippen molar-refractivity contribution >= 4 is 23.2 Å². The average molecular weight is 436 g/mol. The number of alkyl halides is 3. The Hall–Kier alpha value is -2.47. The molecule has 1 spiro atoms. The van der Waals surface area contributed by atoms with Crippen LogP contribution in [0.3, 0.4) is 0 Å². The van der Waals surface area contributed by atoms with Crippen LogP contribution >= 0.6 is 11.6 Å². The monoisotopic (exact) mass is 435 g/mol. The van der Waals surface area contributed by atoms with Gasteiger partial charge in [0.15, 0.2) is 0 Å². The number of anilines is 1. The lowest BCUT2D eigenvalue weighted by molar-refractivity contribution is -0.137. The third-order valence-corrected chi connectivity index (χ3v) is 6.34. The molecular weight excluding hydrogens is 415 g/mol. The van der Waals surface area contributed by atoms with Gasteiger partial charge in [-0.1, -0.05) is 29.3 Å². The highest BCUT2D eigenvalue weighted by molar-refractivity contribution is 6.30. The minimum Gasteiger partial charge on any atom is -0.492 e. The average Bonchev–Trinajstić information content (AvgIpc) is 3.07. The van der Waals surface area contributed by atoms with E-state index >= 15 is 0 Å². The van der Waals surface area contributed by atoms with E-state index in [1.807, 2.05) is 13.0 Å². The molecule has 1 N–H and O–H groups in total. The molecule has 0 bridgehead atoms. The molecule has 0 saturated carbocycles. The summed E-state index contributed by atoms with van der Waals surface area (Å²) in [6.07, 6.45) is -0.277. The fraction of sp³-hybridized carbons (Fsp3) is 0.348. The highest BCUT2D eigenvalue weighted by Crippen LogP contribution is 2.49. The predicted molar refractivity (Wildman–Crippen MR) is 110 cm³/mol. The number of fused-ring (bicyclic) bond motifs is 2. The van der Waals surface area contributed by atoms with Gasteiger partial charge < -0.3 is 10.1 Å².